The van der Waals surface area contributed by atoms with E-state index in [9.17, 15) is 18.0 Å². The highest BCUT2D eigenvalue weighted by molar-refractivity contribution is 5.27. The summed E-state index contributed by atoms with van der Waals surface area (Å²) in [7, 11) is 1.47. The third kappa shape index (κ3) is 3.37. The highest BCUT2D eigenvalue weighted by Crippen LogP contribution is 2.31. The number of hydrogen-bond acceptors (Lipinski definition) is 2. The molecular weight excluding hydrogens is 257 g/mol. The molecule has 19 heavy (non-hydrogen) atoms. The second-order valence-electron chi connectivity index (χ2n) is 4.96. The number of rotatable bonds is 4. The van der Waals surface area contributed by atoms with Gasteiger partial charge in [0.25, 0.3) is 5.56 Å². The zero-order valence-corrected chi connectivity index (χ0v) is 10.8. The van der Waals surface area contributed by atoms with Gasteiger partial charge in [-0.25, -0.2) is 0 Å². The molecule has 106 valence electrons. The van der Waals surface area contributed by atoms with Crippen molar-refractivity contribution in [3.8, 4) is 0 Å². The Labute approximate surface area is 109 Å². The SMILES string of the molecule is Cn1cc(CCCN2CCC2)c(C(F)(F)F)cc1=O. The first-order chi connectivity index (χ1) is 8.88. The van der Waals surface area contributed by atoms with Gasteiger partial charge in [-0.2, -0.15) is 13.2 Å². The fourth-order valence-electron chi connectivity index (χ4n) is 2.25. The van der Waals surface area contributed by atoms with Crippen LogP contribution in [0.15, 0.2) is 17.1 Å². The van der Waals surface area contributed by atoms with Crippen LogP contribution in [-0.2, 0) is 19.6 Å². The van der Waals surface area contributed by atoms with E-state index in [4.69, 9.17) is 0 Å². The maximum absolute atomic E-state index is 12.9. The number of hydrogen-bond donors (Lipinski definition) is 0. The molecule has 6 heteroatoms. The first-order valence-corrected chi connectivity index (χ1v) is 6.37. The summed E-state index contributed by atoms with van der Waals surface area (Å²) in [5.74, 6) is 0. The second kappa shape index (κ2) is 5.36. The van der Waals surface area contributed by atoms with Crippen molar-refractivity contribution >= 4 is 0 Å². The summed E-state index contributed by atoms with van der Waals surface area (Å²) >= 11 is 0. The van der Waals surface area contributed by atoms with Gasteiger partial charge in [0, 0.05) is 19.3 Å². The minimum Gasteiger partial charge on any atom is -0.318 e. The summed E-state index contributed by atoms with van der Waals surface area (Å²) in [6.45, 7) is 2.90. The fraction of sp³-hybridized carbons (Fsp3) is 0.615. The molecule has 1 aliphatic heterocycles. The van der Waals surface area contributed by atoms with Crippen LogP contribution in [-0.4, -0.2) is 29.1 Å². The second-order valence-corrected chi connectivity index (χ2v) is 4.96. The standard InChI is InChI=1S/C13H17F3N2O/c1-17-9-10(4-2-5-18-6-3-7-18)11(8-12(17)19)13(14,15)16/h8-9H,2-7H2,1H3. The van der Waals surface area contributed by atoms with Crippen LogP contribution in [0.25, 0.3) is 0 Å². The van der Waals surface area contributed by atoms with E-state index in [1.165, 1.54) is 24.2 Å². The molecule has 2 heterocycles. The van der Waals surface area contributed by atoms with Crippen molar-refractivity contribution in [3.05, 3.63) is 33.7 Å². The summed E-state index contributed by atoms with van der Waals surface area (Å²) in [4.78, 5) is 13.5. The molecule has 0 aromatic carbocycles. The molecule has 0 radical (unpaired) electrons. The zero-order chi connectivity index (χ0) is 14.0. The molecule has 1 fully saturated rings. The molecule has 0 atom stereocenters. The van der Waals surface area contributed by atoms with Crippen LogP contribution < -0.4 is 5.56 Å². The molecule has 0 bridgehead atoms. The minimum absolute atomic E-state index is 0.204. The lowest BCUT2D eigenvalue weighted by Crippen LogP contribution is -2.37. The third-order valence-electron chi connectivity index (χ3n) is 3.49. The van der Waals surface area contributed by atoms with Crippen molar-refractivity contribution in [2.45, 2.75) is 25.4 Å². The Bertz CT molecular complexity index is 504. The Kier molecular flexibility index (Phi) is 3.99. The van der Waals surface area contributed by atoms with Crippen molar-refractivity contribution in [1.29, 1.82) is 0 Å². The number of likely N-dealkylation sites (tertiary alicyclic amines) is 1. The molecule has 1 aromatic heterocycles. The van der Waals surface area contributed by atoms with Gasteiger partial charge in [0.1, 0.15) is 0 Å². The first-order valence-electron chi connectivity index (χ1n) is 6.37. The molecule has 0 amide bonds. The summed E-state index contributed by atoms with van der Waals surface area (Å²) < 4.78 is 39.8. The lowest BCUT2D eigenvalue weighted by molar-refractivity contribution is -0.138. The molecule has 2 rings (SSSR count). The highest BCUT2D eigenvalue weighted by Gasteiger charge is 2.33. The lowest BCUT2D eigenvalue weighted by Gasteiger charge is -2.30. The predicted octanol–water partition coefficient (Wildman–Crippen LogP) is 2.04. The molecule has 0 spiro atoms. The van der Waals surface area contributed by atoms with Crippen LogP contribution in [0.1, 0.15) is 24.0 Å². The van der Waals surface area contributed by atoms with Crippen LogP contribution >= 0.6 is 0 Å². The van der Waals surface area contributed by atoms with E-state index in [2.05, 4.69) is 4.90 Å². The number of pyridine rings is 1. The van der Waals surface area contributed by atoms with Gasteiger partial charge in [-0.15, -0.1) is 0 Å². The van der Waals surface area contributed by atoms with E-state index >= 15 is 0 Å². The molecule has 1 aromatic rings. The number of alkyl halides is 3. The number of aromatic nitrogens is 1. The molecule has 0 saturated carbocycles. The molecule has 0 N–H and O–H groups in total. The Balaban J connectivity index is 2.12. The van der Waals surface area contributed by atoms with E-state index in [-0.39, 0.29) is 5.56 Å². The Morgan fingerprint density at radius 1 is 1.32 bits per heavy atom. The van der Waals surface area contributed by atoms with E-state index in [0.717, 1.165) is 19.6 Å². The summed E-state index contributed by atoms with van der Waals surface area (Å²) in [5.41, 5.74) is -1.21. The van der Waals surface area contributed by atoms with E-state index in [1.54, 1.807) is 0 Å². The first kappa shape index (κ1) is 14.1. The predicted molar refractivity (Wildman–Crippen MR) is 66.1 cm³/mol. The van der Waals surface area contributed by atoms with E-state index in [0.29, 0.717) is 18.9 Å². The molecule has 0 unspecified atom stereocenters. The molecular formula is C13H17F3N2O. The maximum atomic E-state index is 12.9. The summed E-state index contributed by atoms with van der Waals surface area (Å²) in [5, 5.41) is 0. The average Bonchev–Trinajstić information content (AvgIpc) is 2.24. The monoisotopic (exact) mass is 274 g/mol. The number of aryl methyl sites for hydroxylation is 2. The average molecular weight is 274 g/mol. The van der Waals surface area contributed by atoms with Gasteiger partial charge in [-0.3, -0.25) is 4.79 Å². The molecule has 1 saturated heterocycles. The van der Waals surface area contributed by atoms with Crippen LogP contribution in [0.5, 0.6) is 0 Å². The van der Waals surface area contributed by atoms with Crippen molar-refractivity contribution in [2.24, 2.45) is 7.05 Å². The van der Waals surface area contributed by atoms with Crippen LogP contribution in [0, 0.1) is 0 Å². The van der Waals surface area contributed by atoms with Crippen LogP contribution in [0.2, 0.25) is 0 Å². The quantitative estimate of drug-likeness (QED) is 0.839. The van der Waals surface area contributed by atoms with Gasteiger partial charge >= 0.3 is 6.18 Å². The highest BCUT2D eigenvalue weighted by atomic mass is 19.4. The summed E-state index contributed by atoms with van der Waals surface area (Å²) in [6, 6.07) is 0.693. The zero-order valence-electron chi connectivity index (χ0n) is 10.8. The molecule has 0 aliphatic carbocycles. The maximum Gasteiger partial charge on any atom is 0.416 e. The van der Waals surface area contributed by atoms with E-state index < -0.39 is 17.3 Å². The van der Waals surface area contributed by atoms with Gasteiger partial charge in [0.2, 0.25) is 0 Å². The van der Waals surface area contributed by atoms with Crippen LogP contribution in [0.3, 0.4) is 0 Å². The van der Waals surface area contributed by atoms with Gasteiger partial charge in [-0.1, -0.05) is 0 Å². The number of halogens is 3. The lowest BCUT2D eigenvalue weighted by atomic mass is 10.0. The van der Waals surface area contributed by atoms with Crippen LogP contribution in [0.4, 0.5) is 13.2 Å². The minimum atomic E-state index is -4.46. The normalized spacial score (nSPS) is 16.4. The van der Waals surface area contributed by atoms with Crippen molar-refractivity contribution < 1.29 is 13.2 Å². The van der Waals surface area contributed by atoms with Crippen molar-refractivity contribution in [3.63, 3.8) is 0 Å². The van der Waals surface area contributed by atoms with Gasteiger partial charge in [0.15, 0.2) is 0 Å². The van der Waals surface area contributed by atoms with Gasteiger partial charge < -0.3 is 9.47 Å². The van der Waals surface area contributed by atoms with Crippen molar-refractivity contribution in [2.75, 3.05) is 19.6 Å². The number of nitrogens with zero attached hydrogens (tertiary/aromatic N) is 2. The molecule has 3 nitrogen and oxygen atoms in total. The van der Waals surface area contributed by atoms with Gasteiger partial charge in [-0.05, 0) is 44.5 Å². The van der Waals surface area contributed by atoms with Crippen molar-refractivity contribution in [1.82, 2.24) is 9.47 Å². The Hall–Kier alpha value is -1.30. The van der Waals surface area contributed by atoms with E-state index in [1.807, 2.05) is 0 Å². The third-order valence-corrected chi connectivity index (χ3v) is 3.49. The Morgan fingerprint density at radius 2 is 2.00 bits per heavy atom. The fourth-order valence-corrected chi connectivity index (χ4v) is 2.25. The molecule has 1 aliphatic rings. The van der Waals surface area contributed by atoms with Gasteiger partial charge in [0.05, 0.1) is 5.56 Å². The Morgan fingerprint density at radius 3 is 2.53 bits per heavy atom. The largest absolute Gasteiger partial charge is 0.416 e. The smallest absolute Gasteiger partial charge is 0.318 e. The topological polar surface area (TPSA) is 25.2 Å². The summed E-state index contributed by atoms with van der Waals surface area (Å²) in [6.07, 6.45) is -0.949.